The Bertz CT molecular complexity index is 1150. The molecule has 10 nitrogen and oxygen atoms in total. The smallest absolute Gasteiger partial charge is 0.389 e. The monoisotopic (exact) mass is 561 g/mol. The van der Waals surface area contributed by atoms with Crippen LogP contribution in [0, 0.1) is 0 Å². The Morgan fingerprint density at radius 2 is 1.82 bits per heavy atom. The summed E-state index contributed by atoms with van der Waals surface area (Å²) in [5.41, 5.74) is -2.25. The Kier molecular flexibility index (Phi) is 9.76. The number of halogens is 3. The second kappa shape index (κ2) is 12.3. The summed E-state index contributed by atoms with van der Waals surface area (Å²) in [4.78, 5) is 10.2. The van der Waals surface area contributed by atoms with Crippen LogP contribution >= 0.6 is 0 Å². The van der Waals surface area contributed by atoms with Crippen molar-refractivity contribution in [3.63, 3.8) is 0 Å². The van der Waals surface area contributed by atoms with Gasteiger partial charge in [-0.15, -0.1) is 0 Å². The first-order valence-electron chi connectivity index (χ1n) is 12.9. The molecular formula is C24H38F3N7O3S. The highest BCUT2D eigenvalue weighted by Crippen LogP contribution is 2.36. The van der Waals surface area contributed by atoms with Crippen molar-refractivity contribution in [2.24, 2.45) is 0 Å². The summed E-state index contributed by atoms with van der Waals surface area (Å²) in [6.45, 7) is 10.5. The number of hydrogen-bond donors (Lipinski definition) is 2. The quantitative estimate of drug-likeness (QED) is 0.406. The molecule has 0 spiro atoms. The average molecular weight is 562 g/mol. The Labute approximate surface area is 222 Å². The number of sulfonamides is 1. The van der Waals surface area contributed by atoms with Crippen molar-refractivity contribution >= 4 is 16.0 Å². The molecule has 14 heteroatoms. The van der Waals surface area contributed by atoms with Crippen molar-refractivity contribution < 1.29 is 26.7 Å². The van der Waals surface area contributed by atoms with E-state index < -0.39 is 27.4 Å². The van der Waals surface area contributed by atoms with Gasteiger partial charge >= 0.3 is 6.18 Å². The number of aromatic nitrogens is 4. The first-order chi connectivity index (χ1) is 17.7. The number of nitrogens with one attached hydrogen (secondary N) is 1. The fraction of sp³-hybridized carbons (Fsp3) is 0.708. The topological polar surface area (TPSA) is 116 Å². The molecule has 2 aromatic heterocycles. The van der Waals surface area contributed by atoms with E-state index in [-0.39, 0.29) is 35.5 Å². The van der Waals surface area contributed by atoms with Crippen LogP contribution in [0.4, 0.5) is 19.1 Å². The van der Waals surface area contributed by atoms with Gasteiger partial charge in [0.05, 0.1) is 29.8 Å². The summed E-state index contributed by atoms with van der Waals surface area (Å²) in [6.07, 6.45) is 0.290. The third kappa shape index (κ3) is 8.35. The molecule has 0 aromatic carbocycles. The zero-order valence-electron chi connectivity index (χ0n) is 22.4. The van der Waals surface area contributed by atoms with Crippen molar-refractivity contribution in [1.29, 1.82) is 0 Å². The maximum Gasteiger partial charge on any atom is 0.419 e. The van der Waals surface area contributed by atoms with Gasteiger partial charge in [0.2, 0.25) is 16.0 Å². The van der Waals surface area contributed by atoms with Crippen LogP contribution in [0.25, 0.3) is 11.3 Å². The molecule has 0 saturated carbocycles. The van der Waals surface area contributed by atoms with E-state index in [0.29, 0.717) is 32.4 Å². The molecular weight excluding hydrogens is 523 g/mol. The van der Waals surface area contributed by atoms with E-state index in [0.717, 1.165) is 25.8 Å². The maximum atomic E-state index is 13.7. The molecule has 0 unspecified atom stereocenters. The zero-order chi connectivity index (χ0) is 28.1. The number of piperidine rings is 1. The van der Waals surface area contributed by atoms with E-state index in [1.54, 1.807) is 13.8 Å². The predicted molar refractivity (Wildman–Crippen MR) is 139 cm³/mol. The van der Waals surface area contributed by atoms with Gasteiger partial charge in [-0.3, -0.25) is 4.68 Å². The Hall–Kier alpha value is -2.29. The lowest BCUT2D eigenvalue weighted by molar-refractivity contribution is -0.137. The molecule has 3 heterocycles. The van der Waals surface area contributed by atoms with Crippen LogP contribution in [0.3, 0.4) is 0 Å². The van der Waals surface area contributed by atoms with E-state index in [2.05, 4.69) is 25.3 Å². The molecule has 1 fully saturated rings. The molecule has 0 aliphatic carbocycles. The fourth-order valence-corrected chi connectivity index (χ4v) is 5.97. The molecule has 214 valence electrons. The Morgan fingerprint density at radius 3 is 2.39 bits per heavy atom. The zero-order valence-corrected chi connectivity index (χ0v) is 23.2. The highest BCUT2D eigenvalue weighted by atomic mass is 32.2. The summed E-state index contributed by atoms with van der Waals surface area (Å²) in [7, 11) is -3.37. The number of nitrogens with zero attached hydrogens (tertiary/aromatic N) is 6. The summed E-state index contributed by atoms with van der Waals surface area (Å²) in [5.74, 6) is 0.123. The lowest BCUT2D eigenvalue weighted by atomic mass is 10.1. The van der Waals surface area contributed by atoms with E-state index >= 15 is 0 Å². The fourth-order valence-electron chi connectivity index (χ4n) is 4.45. The Morgan fingerprint density at radius 1 is 1.16 bits per heavy atom. The third-order valence-electron chi connectivity index (χ3n) is 6.50. The molecule has 38 heavy (non-hydrogen) atoms. The van der Waals surface area contributed by atoms with Crippen molar-refractivity contribution in [3.8, 4) is 11.3 Å². The van der Waals surface area contributed by atoms with Crippen LogP contribution in [-0.2, 0) is 22.7 Å². The van der Waals surface area contributed by atoms with Crippen molar-refractivity contribution in [2.75, 3.05) is 43.8 Å². The van der Waals surface area contributed by atoms with Gasteiger partial charge in [-0.05, 0) is 52.7 Å². The summed E-state index contributed by atoms with van der Waals surface area (Å²) in [5, 5.41) is 17.1. The van der Waals surface area contributed by atoms with Gasteiger partial charge in [-0.1, -0.05) is 13.8 Å². The summed E-state index contributed by atoms with van der Waals surface area (Å²) < 4.78 is 69.5. The van der Waals surface area contributed by atoms with Crippen LogP contribution in [0.5, 0.6) is 0 Å². The van der Waals surface area contributed by atoms with Gasteiger partial charge < -0.3 is 15.3 Å². The van der Waals surface area contributed by atoms with Crippen LogP contribution in [0.15, 0.2) is 18.6 Å². The number of alkyl halides is 3. The molecule has 0 amide bonds. The van der Waals surface area contributed by atoms with E-state index in [9.17, 15) is 26.7 Å². The molecule has 0 atom stereocenters. The van der Waals surface area contributed by atoms with E-state index in [4.69, 9.17) is 0 Å². The van der Waals surface area contributed by atoms with Crippen molar-refractivity contribution in [1.82, 2.24) is 29.0 Å². The molecule has 1 aliphatic rings. The largest absolute Gasteiger partial charge is 0.419 e. The maximum absolute atomic E-state index is 13.7. The summed E-state index contributed by atoms with van der Waals surface area (Å²) in [6, 6.07) is -0.181. The highest BCUT2D eigenvalue weighted by Gasteiger charge is 2.36. The first kappa shape index (κ1) is 30.3. The minimum Gasteiger partial charge on any atom is -0.389 e. The normalized spacial score (nSPS) is 16.3. The van der Waals surface area contributed by atoms with Crippen LogP contribution in [-0.4, -0.2) is 92.6 Å². The number of anilines is 1. The summed E-state index contributed by atoms with van der Waals surface area (Å²) >= 11 is 0. The average Bonchev–Trinajstić information content (AvgIpc) is 3.28. The predicted octanol–water partition coefficient (Wildman–Crippen LogP) is 3.07. The van der Waals surface area contributed by atoms with Crippen LogP contribution in [0.1, 0.15) is 52.5 Å². The van der Waals surface area contributed by atoms with Gasteiger partial charge in [0.25, 0.3) is 0 Å². The molecule has 2 aromatic rings. The van der Waals surface area contributed by atoms with Crippen LogP contribution in [0.2, 0.25) is 0 Å². The van der Waals surface area contributed by atoms with Gasteiger partial charge in [-0.25, -0.2) is 22.7 Å². The molecule has 1 saturated heterocycles. The van der Waals surface area contributed by atoms with E-state index in [1.807, 2.05) is 13.8 Å². The molecule has 0 radical (unpaired) electrons. The van der Waals surface area contributed by atoms with Gasteiger partial charge in [0, 0.05) is 37.1 Å². The first-order valence-corrected chi connectivity index (χ1v) is 14.5. The van der Waals surface area contributed by atoms with Crippen LogP contribution < -0.4 is 5.32 Å². The lowest BCUT2D eigenvalue weighted by Crippen LogP contribution is -2.43. The standard InChI is InChI=1S/C24H38F3N7O3S/c1-5-32(6-2)10-7-13-38(36,37)34-11-8-19(9-12-34)30-22-28-15-20(24(25,26)27)21(31-22)18-14-29-33(16-18)17-23(3,4)35/h14-16,19,35H,5-13,17H2,1-4H3,(H,28,30,31). The molecule has 0 bridgehead atoms. The molecule has 2 N–H and O–H groups in total. The van der Waals surface area contributed by atoms with Crippen molar-refractivity contribution in [2.45, 2.75) is 71.3 Å². The Balaban J connectivity index is 1.66. The van der Waals surface area contributed by atoms with Gasteiger partial charge in [0.15, 0.2) is 0 Å². The second-order valence-corrected chi connectivity index (χ2v) is 12.3. The number of hydrogen-bond acceptors (Lipinski definition) is 8. The van der Waals surface area contributed by atoms with Gasteiger partial charge in [0.1, 0.15) is 5.56 Å². The molecule has 1 aliphatic heterocycles. The minimum atomic E-state index is -4.67. The third-order valence-corrected chi connectivity index (χ3v) is 8.46. The highest BCUT2D eigenvalue weighted by molar-refractivity contribution is 7.89. The second-order valence-electron chi connectivity index (χ2n) is 10.2. The minimum absolute atomic E-state index is 0.0313. The number of rotatable bonds is 12. The SMILES string of the molecule is CCN(CC)CCCS(=O)(=O)N1CCC(Nc2ncc(C(F)(F)F)c(-c3cnn(CC(C)(C)O)c3)n2)CC1. The number of aliphatic hydroxyl groups is 1. The molecule has 3 rings (SSSR count). The van der Waals surface area contributed by atoms with Crippen molar-refractivity contribution in [3.05, 3.63) is 24.2 Å². The van der Waals surface area contributed by atoms with Gasteiger partial charge in [-0.2, -0.15) is 18.3 Å². The lowest BCUT2D eigenvalue weighted by Gasteiger charge is -2.32. The van der Waals surface area contributed by atoms with E-state index in [1.165, 1.54) is 21.4 Å².